The minimum absolute atomic E-state index is 0.515. The van der Waals surface area contributed by atoms with Crippen LogP contribution in [0, 0.1) is 5.92 Å². The van der Waals surface area contributed by atoms with Gasteiger partial charge >= 0.3 is 0 Å². The molecule has 14 heavy (non-hydrogen) atoms. The van der Waals surface area contributed by atoms with Crippen molar-refractivity contribution in [3.63, 3.8) is 0 Å². The molecule has 1 aromatic rings. The summed E-state index contributed by atoms with van der Waals surface area (Å²) >= 11 is 3.73. The summed E-state index contributed by atoms with van der Waals surface area (Å²) in [6.07, 6.45) is 4.10. The molecule has 0 radical (unpaired) electrons. The number of halogens is 1. The van der Waals surface area contributed by atoms with Crippen molar-refractivity contribution in [3.05, 3.63) is 29.8 Å². The van der Waals surface area contributed by atoms with E-state index in [1.807, 2.05) is 12.1 Å². The van der Waals surface area contributed by atoms with Crippen molar-refractivity contribution in [1.29, 1.82) is 0 Å². The Morgan fingerprint density at radius 3 is 2.50 bits per heavy atom. The van der Waals surface area contributed by atoms with Gasteiger partial charge in [-0.25, -0.2) is 0 Å². The van der Waals surface area contributed by atoms with Gasteiger partial charge in [-0.15, -0.1) is 0 Å². The van der Waals surface area contributed by atoms with E-state index in [1.165, 1.54) is 24.8 Å². The molecule has 0 spiro atoms. The first-order chi connectivity index (χ1) is 6.79. The molecule has 0 aliphatic heterocycles. The van der Waals surface area contributed by atoms with Gasteiger partial charge in [0.05, 0.1) is 7.11 Å². The highest BCUT2D eigenvalue weighted by molar-refractivity contribution is 9.09. The maximum atomic E-state index is 5.13. The van der Waals surface area contributed by atoms with Crippen LogP contribution < -0.4 is 4.74 Å². The molecule has 2 heteroatoms. The van der Waals surface area contributed by atoms with E-state index >= 15 is 0 Å². The standard InChI is InChI=1S/C12H15BrO/c1-14-11-6-4-10(5-7-11)12(13)8-9-2-3-9/h4-7,9,12H,2-3,8H2,1H3. The van der Waals surface area contributed by atoms with Crippen molar-refractivity contribution in [1.82, 2.24) is 0 Å². The molecular formula is C12H15BrO. The Balaban J connectivity index is 1.99. The molecule has 0 aromatic heterocycles. The number of hydrogen-bond donors (Lipinski definition) is 0. The predicted octanol–water partition coefficient (Wildman–Crippen LogP) is 3.93. The van der Waals surface area contributed by atoms with E-state index in [2.05, 4.69) is 28.1 Å². The van der Waals surface area contributed by atoms with Gasteiger partial charge in [0.15, 0.2) is 0 Å². The SMILES string of the molecule is COc1ccc(C(Br)CC2CC2)cc1. The molecule has 1 saturated carbocycles. The monoisotopic (exact) mass is 254 g/mol. The minimum Gasteiger partial charge on any atom is -0.497 e. The Hall–Kier alpha value is -0.500. The molecule has 1 fully saturated rings. The van der Waals surface area contributed by atoms with E-state index < -0.39 is 0 Å². The van der Waals surface area contributed by atoms with Gasteiger partial charge in [-0.05, 0) is 30.0 Å². The van der Waals surface area contributed by atoms with Crippen molar-refractivity contribution in [3.8, 4) is 5.75 Å². The smallest absolute Gasteiger partial charge is 0.118 e. The third-order valence-corrected chi connectivity index (χ3v) is 3.62. The quantitative estimate of drug-likeness (QED) is 0.740. The number of hydrogen-bond acceptors (Lipinski definition) is 1. The summed E-state index contributed by atoms with van der Waals surface area (Å²) in [5, 5.41) is 0. The van der Waals surface area contributed by atoms with Crippen LogP contribution in [0.2, 0.25) is 0 Å². The lowest BCUT2D eigenvalue weighted by atomic mass is 10.1. The minimum atomic E-state index is 0.515. The molecule has 1 aliphatic carbocycles. The number of benzene rings is 1. The summed E-state index contributed by atoms with van der Waals surface area (Å²) in [4.78, 5) is 0.515. The Morgan fingerprint density at radius 1 is 1.36 bits per heavy atom. The van der Waals surface area contributed by atoms with Crippen LogP contribution in [0.15, 0.2) is 24.3 Å². The normalized spacial score (nSPS) is 17.9. The molecule has 1 aliphatic rings. The van der Waals surface area contributed by atoms with Crippen molar-refractivity contribution < 1.29 is 4.74 Å². The molecule has 1 aromatic carbocycles. The Bertz CT molecular complexity index is 290. The maximum Gasteiger partial charge on any atom is 0.118 e. The van der Waals surface area contributed by atoms with Gasteiger partial charge in [-0.2, -0.15) is 0 Å². The van der Waals surface area contributed by atoms with Crippen molar-refractivity contribution in [2.24, 2.45) is 5.92 Å². The first-order valence-electron chi connectivity index (χ1n) is 5.07. The summed E-state index contributed by atoms with van der Waals surface area (Å²) in [6.45, 7) is 0. The lowest BCUT2D eigenvalue weighted by Gasteiger charge is -2.09. The van der Waals surface area contributed by atoms with Crippen LogP contribution in [0.25, 0.3) is 0 Å². The van der Waals surface area contributed by atoms with E-state index in [0.717, 1.165) is 11.7 Å². The van der Waals surface area contributed by atoms with Gasteiger partial charge in [0.1, 0.15) is 5.75 Å². The highest BCUT2D eigenvalue weighted by Gasteiger charge is 2.24. The van der Waals surface area contributed by atoms with Crippen molar-refractivity contribution in [2.45, 2.75) is 24.1 Å². The third-order valence-electron chi connectivity index (χ3n) is 2.71. The maximum absolute atomic E-state index is 5.13. The van der Waals surface area contributed by atoms with Crippen LogP contribution in [0.5, 0.6) is 5.75 Å². The Labute approximate surface area is 93.6 Å². The molecule has 1 unspecified atom stereocenters. The summed E-state index contributed by atoms with van der Waals surface area (Å²) in [5.41, 5.74) is 1.36. The fraction of sp³-hybridized carbons (Fsp3) is 0.500. The summed E-state index contributed by atoms with van der Waals surface area (Å²) in [7, 11) is 1.70. The van der Waals surface area contributed by atoms with Gasteiger partial charge in [-0.3, -0.25) is 0 Å². The third kappa shape index (κ3) is 2.50. The average molecular weight is 255 g/mol. The molecule has 0 bridgehead atoms. The molecule has 0 N–H and O–H groups in total. The van der Waals surface area contributed by atoms with Crippen LogP contribution in [-0.2, 0) is 0 Å². The first-order valence-corrected chi connectivity index (χ1v) is 5.99. The lowest BCUT2D eigenvalue weighted by Crippen LogP contribution is -1.91. The van der Waals surface area contributed by atoms with Crippen molar-refractivity contribution >= 4 is 15.9 Å². The van der Waals surface area contributed by atoms with Gasteiger partial charge in [0, 0.05) is 4.83 Å². The van der Waals surface area contributed by atoms with Crippen LogP contribution in [-0.4, -0.2) is 7.11 Å². The number of ether oxygens (including phenoxy) is 1. The molecule has 0 amide bonds. The second-order valence-electron chi connectivity index (χ2n) is 3.92. The lowest BCUT2D eigenvalue weighted by molar-refractivity contribution is 0.414. The second kappa shape index (κ2) is 4.35. The summed E-state index contributed by atoms with van der Waals surface area (Å²) < 4.78 is 5.13. The molecule has 0 saturated heterocycles. The molecular weight excluding hydrogens is 240 g/mol. The van der Waals surface area contributed by atoms with E-state index in [-0.39, 0.29) is 0 Å². The number of rotatable bonds is 4. The first kappa shape index (κ1) is 10.0. The second-order valence-corrected chi connectivity index (χ2v) is 5.03. The zero-order valence-corrected chi connectivity index (χ0v) is 9.96. The summed E-state index contributed by atoms with van der Waals surface area (Å²) in [6, 6.07) is 8.33. The van der Waals surface area contributed by atoms with Gasteiger partial charge in [0.2, 0.25) is 0 Å². The fourth-order valence-electron chi connectivity index (χ4n) is 1.60. The summed E-state index contributed by atoms with van der Waals surface area (Å²) in [5.74, 6) is 1.89. The Kier molecular flexibility index (Phi) is 3.12. The van der Waals surface area contributed by atoms with Gasteiger partial charge in [0.25, 0.3) is 0 Å². The van der Waals surface area contributed by atoms with E-state index in [0.29, 0.717) is 4.83 Å². The van der Waals surface area contributed by atoms with Crippen LogP contribution in [0.1, 0.15) is 29.7 Å². The number of methoxy groups -OCH3 is 1. The van der Waals surface area contributed by atoms with Crippen LogP contribution in [0.3, 0.4) is 0 Å². The molecule has 2 rings (SSSR count). The van der Waals surface area contributed by atoms with E-state index in [4.69, 9.17) is 4.74 Å². The zero-order chi connectivity index (χ0) is 9.97. The molecule has 0 heterocycles. The average Bonchev–Trinajstić information content (AvgIpc) is 3.02. The predicted molar refractivity (Wildman–Crippen MR) is 62.0 cm³/mol. The molecule has 1 nitrogen and oxygen atoms in total. The van der Waals surface area contributed by atoms with Crippen LogP contribution in [0.4, 0.5) is 0 Å². The Morgan fingerprint density at radius 2 is 2.00 bits per heavy atom. The molecule has 76 valence electrons. The van der Waals surface area contributed by atoms with E-state index in [9.17, 15) is 0 Å². The highest BCUT2D eigenvalue weighted by atomic mass is 79.9. The van der Waals surface area contributed by atoms with Crippen LogP contribution >= 0.6 is 15.9 Å². The van der Waals surface area contributed by atoms with Crippen molar-refractivity contribution in [2.75, 3.05) is 7.11 Å². The fourth-order valence-corrected chi connectivity index (χ4v) is 2.43. The topological polar surface area (TPSA) is 9.23 Å². The van der Waals surface area contributed by atoms with Gasteiger partial charge < -0.3 is 4.74 Å². The van der Waals surface area contributed by atoms with E-state index in [1.54, 1.807) is 7.11 Å². The highest BCUT2D eigenvalue weighted by Crippen LogP contribution is 2.41. The number of alkyl halides is 1. The van der Waals surface area contributed by atoms with Gasteiger partial charge in [-0.1, -0.05) is 40.9 Å². The molecule has 1 atom stereocenters. The zero-order valence-electron chi connectivity index (χ0n) is 8.37. The largest absolute Gasteiger partial charge is 0.497 e.